The van der Waals surface area contributed by atoms with Gasteiger partial charge in [-0.25, -0.2) is 13.2 Å². The number of nitrogens with zero attached hydrogens (tertiary/aromatic N) is 1. The number of hydrogen-bond acceptors (Lipinski definition) is 2. The predicted octanol–water partition coefficient (Wildman–Crippen LogP) is 3.24. The van der Waals surface area contributed by atoms with E-state index in [9.17, 15) is 13.2 Å². The second-order valence-electron chi connectivity index (χ2n) is 4.48. The normalized spacial score (nSPS) is 12.2. The number of halogens is 3. The Morgan fingerprint density at radius 3 is 2.30 bits per heavy atom. The molecule has 0 aromatic heterocycles. The Morgan fingerprint density at radius 2 is 1.70 bits per heavy atom. The lowest BCUT2D eigenvalue weighted by Crippen LogP contribution is -2.31. The highest BCUT2D eigenvalue weighted by Gasteiger charge is 2.21. The number of anilines is 1. The summed E-state index contributed by atoms with van der Waals surface area (Å²) in [6, 6.07) is 9.21. The Bertz CT molecular complexity index is 584. The third kappa shape index (κ3) is 2.77. The lowest BCUT2D eigenvalue weighted by Gasteiger charge is -2.29. The van der Waals surface area contributed by atoms with Crippen LogP contribution in [0.2, 0.25) is 0 Å². The average molecular weight is 280 g/mol. The van der Waals surface area contributed by atoms with Crippen LogP contribution in [0.4, 0.5) is 18.9 Å². The van der Waals surface area contributed by atoms with E-state index in [1.54, 1.807) is 24.1 Å². The first-order chi connectivity index (χ1) is 9.54. The Kier molecular flexibility index (Phi) is 4.29. The van der Waals surface area contributed by atoms with Crippen LogP contribution in [-0.2, 0) is 0 Å². The first-order valence-corrected chi connectivity index (χ1v) is 6.17. The maximum atomic E-state index is 13.9. The molecule has 0 spiro atoms. The number of hydrogen-bond donors (Lipinski definition) is 1. The summed E-state index contributed by atoms with van der Waals surface area (Å²) in [6.07, 6.45) is 0. The van der Waals surface area contributed by atoms with Gasteiger partial charge in [0.15, 0.2) is 11.6 Å². The third-order valence-corrected chi connectivity index (χ3v) is 3.27. The van der Waals surface area contributed by atoms with E-state index in [2.05, 4.69) is 0 Å². The van der Waals surface area contributed by atoms with E-state index in [-0.39, 0.29) is 17.9 Å². The highest BCUT2D eigenvalue weighted by Crippen LogP contribution is 2.27. The first-order valence-electron chi connectivity index (χ1n) is 6.17. The summed E-state index contributed by atoms with van der Waals surface area (Å²) in [5.41, 5.74) is 6.54. The van der Waals surface area contributed by atoms with Gasteiger partial charge in [0, 0.05) is 24.8 Å². The molecule has 0 aliphatic carbocycles. The molecule has 5 heteroatoms. The molecule has 1 atom stereocenters. The van der Waals surface area contributed by atoms with Crippen molar-refractivity contribution in [2.75, 3.05) is 18.5 Å². The van der Waals surface area contributed by atoms with Gasteiger partial charge in [-0.15, -0.1) is 0 Å². The molecule has 2 nitrogen and oxygen atoms in total. The van der Waals surface area contributed by atoms with Crippen LogP contribution in [-0.4, -0.2) is 13.6 Å². The van der Waals surface area contributed by atoms with E-state index in [1.807, 2.05) is 0 Å². The molecule has 106 valence electrons. The summed E-state index contributed by atoms with van der Waals surface area (Å²) in [6.45, 7) is 0.105. The van der Waals surface area contributed by atoms with Crippen LogP contribution in [0, 0.1) is 17.5 Å². The molecule has 0 aliphatic heterocycles. The lowest BCUT2D eigenvalue weighted by molar-refractivity contribution is 0.486. The summed E-state index contributed by atoms with van der Waals surface area (Å²) in [4.78, 5) is 1.69. The van der Waals surface area contributed by atoms with E-state index in [0.717, 1.165) is 6.07 Å². The minimum absolute atomic E-state index is 0.105. The van der Waals surface area contributed by atoms with Gasteiger partial charge in [-0.1, -0.05) is 12.1 Å². The molecule has 0 aliphatic rings. The largest absolute Gasteiger partial charge is 0.366 e. The van der Waals surface area contributed by atoms with Crippen molar-refractivity contribution in [2.24, 2.45) is 5.73 Å². The SMILES string of the molecule is CN(c1ccc(F)cc1)C(CN)c1cccc(F)c1F. The maximum absolute atomic E-state index is 13.9. The quantitative estimate of drug-likeness (QED) is 0.931. The predicted molar refractivity (Wildman–Crippen MR) is 73.0 cm³/mol. The zero-order valence-corrected chi connectivity index (χ0v) is 11.0. The van der Waals surface area contributed by atoms with Crippen molar-refractivity contribution < 1.29 is 13.2 Å². The van der Waals surface area contributed by atoms with Gasteiger partial charge in [0.2, 0.25) is 0 Å². The average Bonchev–Trinajstić information content (AvgIpc) is 2.45. The van der Waals surface area contributed by atoms with Crippen molar-refractivity contribution in [2.45, 2.75) is 6.04 Å². The molecule has 0 heterocycles. The Balaban J connectivity index is 2.36. The molecule has 2 aromatic rings. The topological polar surface area (TPSA) is 29.3 Å². The van der Waals surface area contributed by atoms with Crippen LogP contribution in [0.25, 0.3) is 0 Å². The van der Waals surface area contributed by atoms with Gasteiger partial charge < -0.3 is 10.6 Å². The third-order valence-electron chi connectivity index (χ3n) is 3.27. The molecule has 0 radical (unpaired) electrons. The van der Waals surface area contributed by atoms with Crippen molar-refractivity contribution in [3.05, 3.63) is 65.5 Å². The van der Waals surface area contributed by atoms with Gasteiger partial charge in [-0.05, 0) is 30.3 Å². The second-order valence-corrected chi connectivity index (χ2v) is 4.48. The highest BCUT2D eigenvalue weighted by molar-refractivity contribution is 5.48. The molecule has 2 rings (SSSR count). The number of rotatable bonds is 4. The molecule has 2 aromatic carbocycles. The number of likely N-dealkylation sites (N-methyl/N-ethyl adjacent to an activating group) is 1. The standard InChI is InChI=1S/C15H15F3N2/c1-20(11-7-5-10(16)6-8-11)14(9-19)12-3-2-4-13(17)15(12)18/h2-8,14H,9,19H2,1H3. The van der Waals surface area contributed by atoms with Crippen molar-refractivity contribution in [1.29, 1.82) is 0 Å². The van der Waals surface area contributed by atoms with Gasteiger partial charge in [0.1, 0.15) is 5.82 Å². The molecule has 0 saturated heterocycles. The summed E-state index contributed by atoms with van der Waals surface area (Å²) < 4.78 is 40.1. The van der Waals surface area contributed by atoms with E-state index >= 15 is 0 Å². The Hall–Kier alpha value is -2.01. The summed E-state index contributed by atoms with van der Waals surface area (Å²) in [5, 5.41) is 0. The molecule has 0 amide bonds. The van der Waals surface area contributed by atoms with Crippen molar-refractivity contribution >= 4 is 5.69 Å². The monoisotopic (exact) mass is 280 g/mol. The van der Waals surface area contributed by atoms with Crippen LogP contribution in [0.5, 0.6) is 0 Å². The fraction of sp³-hybridized carbons (Fsp3) is 0.200. The van der Waals surface area contributed by atoms with Crippen LogP contribution in [0.3, 0.4) is 0 Å². The molecule has 20 heavy (non-hydrogen) atoms. The highest BCUT2D eigenvalue weighted by atomic mass is 19.2. The van der Waals surface area contributed by atoms with E-state index in [0.29, 0.717) is 5.69 Å². The van der Waals surface area contributed by atoms with Crippen LogP contribution < -0.4 is 10.6 Å². The van der Waals surface area contributed by atoms with Gasteiger partial charge in [-0.3, -0.25) is 0 Å². The Morgan fingerprint density at radius 1 is 1.05 bits per heavy atom. The van der Waals surface area contributed by atoms with Crippen molar-refractivity contribution in [1.82, 2.24) is 0 Å². The summed E-state index contributed by atoms with van der Waals surface area (Å²) in [7, 11) is 1.70. The maximum Gasteiger partial charge on any atom is 0.164 e. The van der Waals surface area contributed by atoms with Gasteiger partial charge >= 0.3 is 0 Å². The summed E-state index contributed by atoms with van der Waals surface area (Å²) in [5.74, 6) is -2.17. The lowest BCUT2D eigenvalue weighted by atomic mass is 10.0. The smallest absolute Gasteiger partial charge is 0.164 e. The van der Waals surface area contributed by atoms with Crippen LogP contribution >= 0.6 is 0 Å². The second kappa shape index (κ2) is 5.96. The van der Waals surface area contributed by atoms with E-state index < -0.39 is 17.7 Å². The van der Waals surface area contributed by atoms with Crippen molar-refractivity contribution in [3.8, 4) is 0 Å². The fourth-order valence-corrected chi connectivity index (χ4v) is 2.13. The zero-order valence-electron chi connectivity index (χ0n) is 11.0. The number of benzene rings is 2. The molecular weight excluding hydrogens is 265 g/mol. The van der Waals surface area contributed by atoms with E-state index in [1.165, 1.54) is 24.3 Å². The molecule has 1 unspecified atom stereocenters. The van der Waals surface area contributed by atoms with Crippen molar-refractivity contribution in [3.63, 3.8) is 0 Å². The minimum Gasteiger partial charge on any atom is -0.366 e. The van der Waals surface area contributed by atoms with Gasteiger partial charge in [-0.2, -0.15) is 0 Å². The van der Waals surface area contributed by atoms with Crippen LogP contribution in [0.1, 0.15) is 11.6 Å². The summed E-state index contributed by atoms with van der Waals surface area (Å²) >= 11 is 0. The molecular formula is C15H15F3N2. The van der Waals surface area contributed by atoms with Gasteiger partial charge in [0.25, 0.3) is 0 Å². The molecule has 2 N–H and O–H groups in total. The first kappa shape index (κ1) is 14.4. The molecule has 0 bridgehead atoms. The minimum atomic E-state index is -0.909. The Labute approximate surface area is 115 Å². The van der Waals surface area contributed by atoms with Gasteiger partial charge in [0.05, 0.1) is 6.04 Å². The zero-order chi connectivity index (χ0) is 14.7. The van der Waals surface area contributed by atoms with Crippen LogP contribution in [0.15, 0.2) is 42.5 Å². The fourth-order valence-electron chi connectivity index (χ4n) is 2.13. The molecule has 0 fully saturated rings. The molecule has 0 saturated carbocycles. The van der Waals surface area contributed by atoms with E-state index in [4.69, 9.17) is 5.73 Å². The number of nitrogens with two attached hydrogens (primary N) is 1.